The number of carboxylic acid groups (broad SMARTS) is 1. The number of rotatable bonds is 4. The molecule has 0 aromatic heterocycles. The van der Waals surface area contributed by atoms with Crippen molar-refractivity contribution in [1.29, 1.82) is 0 Å². The van der Waals surface area contributed by atoms with Crippen LogP contribution in [0.4, 0.5) is 8.78 Å². The van der Waals surface area contributed by atoms with Crippen LogP contribution < -0.4 is 0 Å². The lowest BCUT2D eigenvalue weighted by Crippen LogP contribution is -2.40. The van der Waals surface area contributed by atoms with Crippen LogP contribution in [-0.2, 0) is 10.4 Å². The van der Waals surface area contributed by atoms with Gasteiger partial charge in [-0.3, -0.25) is 4.79 Å². The van der Waals surface area contributed by atoms with Crippen LogP contribution in [0.2, 0.25) is 0 Å². The minimum Gasteiger partial charge on any atom is -0.481 e. The molecule has 0 aliphatic heterocycles. The minimum absolute atomic E-state index is 0.0823. The van der Waals surface area contributed by atoms with Crippen molar-refractivity contribution in [2.75, 3.05) is 0 Å². The van der Waals surface area contributed by atoms with Crippen LogP contribution in [0.5, 0.6) is 0 Å². The highest BCUT2D eigenvalue weighted by Crippen LogP contribution is 2.35. The maximum absolute atomic E-state index is 13.1. The summed E-state index contributed by atoms with van der Waals surface area (Å²) < 4.78 is 26.3. The van der Waals surface area contributed by atoms with Gasteiger partial charge in [0.2, 0.25) is 0 Å². The Morgan fingerprint density at radius 1 is 1.22 bits per heavy atom. The highest BCUT2D eigenvalue weighted by atomic mass is 19.1. The first-order chi connectivity index (χ1) is 8.16. The smallest absolute Gasteiger partial charge is 0.310 e. The van der Waals surface area contributed by atoms with Gasteiger partial charge in [0.05, 0.1) is 5.92 Å². The Labute approximate surface area is 104 Å². The van der Waals surface area contributed by atoms with Crippen molar-refractivity contribution in [2.24, 2.45) is 11.8 Å². The molecule has 3 nitrogen and oxygen atoms in total. The number of aliphatic carboxylic acids is 1. The number of aliphatic hydroxyl groups is 1. The van der Waals surface area contributed by atoms with Crippen LogP contribution in [0, 0.1) is 23.5 Å². The zero-order chi connectivity index (χ0) is 14.1. The molecule has 100 valence electrons. The second-order valence-corrected chi connectivity index (χ2v) is 4.87. The molecule has 1 aromatic carbocycles. The summed E-state index contributed by atoms with van der Waals surface area (Å²) in [5.41, 5.74) is -1.93. The molecule has 1 rings (SSSR count). The average Bonchev–Trinajstić information content (AvgIpc) is 2.13. The van der Waals surface area contributed by atoms with E-state index < -0.39 is 29.1 Å². The van der Waals surface area contributed by atoms with Crippen molar-refractivity contribution >= 4 is 5.97 Å². The highest BCUT2D eigenvalue weighted by Gasteiger charge is 2.41. The highest BCUT2D eigenvalue weighted by molar-refractivity contribution is 5.72. The monoisotopic (exact) mass is 258 g/mol. The Bertz CT molecular complexity index is 435. The Kier molecular flexibility index (Phi) is 4.06. The largest absolute Gasteiger partial charge is 0.481 e. The molecular weight excluding hydrogens is 242 g/mol. The fraction of sp³-hybridized carbons (Fsp3) is 0.462. The van der Waals surface area contributed by atoms with Crippen molar-refractivity contribution in [2.45, 2.75) is 26.4 Å². The summed E-state index contributed by atoms with van der Waals surface area (Å²) in [4.78, 5) is 11.2. The number of carbonyl (C=O) groups is 1. The van der Waals surface area contributed by atoms with Crippen molar-refractivity contribution in [3.05, 3.63) is 35.4 Å². The molecule has 0 saturated heterocycles. The molecular formula is C13H16F2O3. The quantitative estimate of drug-likeness (QED) is 0.872. The summed E-state index contributed by atoms with van der Waals surface area (Å²) in [5.74, 6) is -4.45. The summed E-state index contributed by atoms with van der Waals surface area (Å²) in [5, 5.41) is 19.5. The van der Waals surface area contributed by atoms with E-state index in [-0.39, 0.29) is 11.5 Å². The first-order valence-corrected chi connectivity index (χ1v) is 5.58. The minimum atomic E-state index is -1.84. The van der Waals surface area contributed by atoms with E-state index in [1.807, 2.05) is 0 Å². The summed E-state index contributed by atoms with van der Waals surface area (Å²) >= 11 is 0. The Balaban J connectivity index is 3.29. The molecule has 0 fully saturated rings. The second-order valence-electron chi connectivity index (χ2n) is 4.87. The van der Waals surface area contributed by atoms with Gasteiger partial charge in [-0.2, -0.15) is 0 Å². The van der Waals surface area contributed by atoms with Crippen LogP contribution in [0.3, 0.4) is 0 Å². The molecule has 2 atom stereocenters. The van der Waals surface area contributed by atoms with Gasteiger partial charge in [0.25, 0.3) is 0 Å². The molecule has 0 aliphatic carbocycles. The van der Waals surface area contributed by atoms with Gasteiger partial charge in [-0.1, -0.05) is 13.8 Å². The first-order valence-electron chi connectivity index (χ1n) is 5.58. The molecule has 1 aromatic rings. The zero-order valence-corrected chi connectivity index (χ0v) is 10.4. The van der Waals surface area contributed by atoms with Gasteiger partial charge in [0, 0.05) is 6.07 Å². The molecule has 0 spiro atoms. The number of hydrogen-bond donors (Lipinski definition) is 2. The number of benzene rings is 1. The topological polar surface area (TPSA) is 57.5 Å². The molecule has 0 aliphatic rings. The van der Waals surface area contributed by atoms with E-state index in [4.69, 9.17) is 5.11 Å². The van der Waals surface area contributed by atoms with E-state index in [0.29, 0.717) is 6.07 Å². The lowest BCUT2D eigenvalue weighted by Gasteiger charge is -2.33. The van der Waals surface area contributed by atoms with Gasteiger partial charge < -0.3 is 10.2 Å². The molecule has 0 bridgehead atoms. The fourth-order valence-corrected chi connectivity index (χ4v) is 2.20. The fourth-order valence-electron chi connectivity index (χ4n) is 2.20. The van der Waals surface area contributed by atoms with Gasteiger partial charge in [-0.25, -0.2) is 8.78 Å². The van der Waals surface area contributed by atoms with Crippen LogP contribution >= 0.6 is 0 Å². The van der Waals surface area contributed by atoms with Crippen LogP contribution in [0.1, 0.15) is 26.3 Å². The third-order valence-electron chi connectivity index (χ3n) is 2.99. The number of halogens is 2. The molecule has 5 heteroatoms. The second kappa shape index (κ2) is 5.02. The van der Waals surface area contributed by atoms with Gasteiger partial charge in [-0.15, -0.1) is 0 Å². The third-order valence-corrected chi connectivity index (χ3v) is 2.99. The number of hydrogen-bond acceptors (Lipinski definition) is 2. The predicted octanol–water partition coefficient (Wildman–Crippen LogP) is 2.53. The third kappa shape index (κ3) is 2.85. The van der Waals surface area contributed by atoms with Crippen molar-refractivity contribution < 1.29 is 23.8 Å². The lowest BCUT2D eigenvalue weighted by atomic mass is 9.76. The average molecular weight is 258 g/mol. The SMILES string of the molecule is CC(C)C(C(=O)O)C(C)(O)c1cc(F)cc(F)c1. The Hall–Kier alpha value is -1.49. The molecule has 0 amide bonds. The van der Waals surface area contributed by atoms with E-state index in [0.717, 1.165) is 12.1 Å². The van der Waals surface area contributed by atoms with Gasteiger partial charge in [0.15, 0.2) is 0 Å². The summed E-state index contributed by atoms with van der Waals surface area (Å²) in [6.07, 6.45) is 0. The maximum Gasteiger partial charge on any atom is 0.310 e. The molecule has 0 saturated carbocycles. The lowest BCUT2D eigenvalue weighted by molar-refractivity contribution is -0.155. The van der Waals surface area contributed by atoms with Crippen LogP contribution in [0.15, 0.2) is 18.2 Å². The normalized spacial score (nSPS) is 16.4. The Morgan fingerprint density at radius 2 is 1.67 bits per heavy atom. The van der Waals surface area contributed by atoms with E-state index in [1.165, 1.54) is 6.92 Å². The Morgan fingerprint density at radius 3 is 2.00 bits per heavy atom. The van der Waals surface area contributed by atoms with Crippen LogP contribution in [-0.4, -0.2) is 16.2 Å². The molecule has 18 heavy (non-hydrogen) atoms. The van der Waals surface area contributed by atoms with Crippen LogP contribution in [0.25, 0.3) is 0 Å². The molecule has 0 heterocycles. The van der Waals surface area contributed by atoms with Crippen molar-refractivity contribution in [3.63, 3.8) is 0 Å². The van der Waals surface area contributed by atoms with Gasteiger partial charge in [-0.05, 0) is 30.5 Å². The van der Waals surface area contributed by atoms with Gasteiger partial charge >= 0.3 is 5.97 Å². The standard InChI is InChI=1S/C13H16F2O3/c1-7(2)11(12(16)17)13(3,18)8-4-9(14)6-10(15)5-8/h4-7,11,18H,1-3H3,(H,16,17). The summed E-state index contributed by atoms with van der Waals surface area (Å²) in [6, 6.07) is 2.56. The van der Waals surface area contributed by atoms with Crippen molar-refractivity contribution in [1.82, 2.24) is 0 Å². The van der Waals surface area contributed by atoms with E-state index in [2.05, 4.69) is 0 Å². The van der Waals surface area contributed by atoms with E-state index in [9.17, 15) is 18.7 Å². The summed E-state index contributed by atoms with van der Waals surface area (Å²) in [6.45, 7) is 4.51. The maximum atomic E-state index is 13.1. The van der Waals surface area contributed by atoms with E-state index >= 15 is 0 Å². The molecule has 2 unspecified atom stereocenters. The van der Waals surface area contributed by atoms with E-state index in [1.54, 1.807) is 13.8 Å². The zero-order valence-electron chi connectivity index (χ0n) is 10.4. The van der Waals surface area contributed by atoms with Gasteiger partial charge in [0.1, 0.15) is 17.2 Å². The van der Waals surface area contributed by atoms with Crippen molar-refractivity contribution in [3.8, 4) is 0 Å². The number of carboxylic acids is 1. The first kappa shape index (κ1) is 14.6. The predicted molar refractivity (Wildman–Crippen MR) is 61.9 cm³/mol. The summed E-state index contributed by atoms with van der Waals surface area (Å²) in [7, 11) is 0. The molecule has 2 N–H and O–H groups in total. The molecule has 0 radical (unpaired) electrons.